The van der Waals surface area contributed by atoms with Gasteiger partial charge in [0.1, 0.15) is 23.1 Å². The molecule has 3 heterocycles. The van der Waals surface area contributed by atoms with E-state index < -0.39 is 17.5 Å². The molecule has 10 heteroatoms. The second kappa shape index (κ2) is 10.9. The Morgan fingerprint density at radius 2 is 2.00 bits per heavy atom. The van der Waals surface area contributed by atoms with Gasteiger partial charge in [-0.25, -0.2) is 14.2 Å². The van der Waals surface area contributed by atoms with Crippen molar-refractivity contribution in [3.8, 4) is 17.9 Å². The summed E-state index contributed by atoms with van der Waals surface area (Å²) in [5, 5.41) is 14.8. The van der Waals surface area contributed by atoms with Crippen LogP contribution in [0.25, 0.3) is 11.0 Å². The molecule has 1 aliphatic heterocycles. The molecule has 2 aromatic heterocycles. The number of carbonyl (C=O) groups excluding carboxylic acids is 1. The fourth-order valence-electron chi connectivity index (χ4n) is 5.33. The van der Waals surface area contributed by atoms with Gasteiger partial charge in [0.25, 0.3) is 0 Å². The number of methoxy groups -OCH3 is 1. The fourth-order valence-corrected chi connectivity index (χ4v) is 5.33. The highest BCUT2D eigenvalue weighted by molar-refractivity contribution is 5.78. The van der Waals surface area contributed by atoms with Gasteiger partial charge < -0.3 is 18.9 Å². The first-order valence-corrected chi connectivity index (χ1v) is 13.8. The van der Waals surface area contributed by atoms with Crippen molar-refractivity contribution in [2.24, 2.45) is 0 Å². The summed E-state index contributed by atoms with van der Waals surface area (Å²) >= 11 is 0. The van der Waals surface area contributed by atoms with E-state index in [1.165, 1.54) is 6.07 Å². The van der Waals surface area contributed by atoms with Crippen LogP contribution in [-0.2, 0) is 15.9 Å². The third kappa shape index (κ3) is 5.55. The van der Waals surface area contributed by atoms with Crippen LogP contribution < -0.4 is 0 Å². The number of amides is 1. The van der Waals surface area contributed by atoms with Crippen molar-refractivity contribution < 1.29 is 18.7 Å². The van der Waals surface area contributed by atoms with E-state index in [-0.39, 0.29) is 17.6 Å². The molecule has 2 aliphatic rings. The third-order valence-corrected chi connectivity index (χ3v) is 7.25. The van der Waals surface area contributed by atoms with E-state index in [1.807, 2.05) is 36.9 Å². The van der Waals surface area contributed by atoms with E-state index in [4.69, 9.17) is 14.6 Å². The Morgan fingerprint density at radius 1 is 1.23 bits per heavy atom. The van der Waals surface area contributed by atoms with E-state index in [0.29, 0.717) is 48.8 Å². The molecule has 5 rings (SSSR count). The van der Waals surface area contributed by atoms with Crippen LogP contribution in [0, 0.1) is 29.0 Å². The van der Waals surface area contributed by atoms with Gasteiger partial charge in [-0.1, -0.05) is 19.3 Å². The molecule has 0 spiro atoms. The molecule has 2 atom stereocenters. The minimum Gasteiger partial charge on any atom is -0.444 e. The van der Waals surface area contributed by atoms with Gasteiger partial charge in [-0.15, -0.1) is 0 Å². The molecule has 1 saturated heterocycles. The van der Waals surface area contributed by atoms with Crippen LogP contribution in [0.5, 0.6) is 0 Å². The molecule has 0 radical (unpaired) electrons. The van der Waals surface area contributed by atoms with Gasteiger partial charge in [0.05, 0.1) is 47.3 Å². The number of benzene rings is 1. The van der Waals surface area contributed by atoms with Gasteiger partial charge in [0.2, 0.25) is 0 Å². The second-order valence-corrected chi connectivity index (χ2v) is 11.6. The maximum absolute atomic E-state index is 15.1. The van der Waals surface area contributed by atoms with Gasteiger partial charge in [-0.2, -0.15) is 10.4 Å². The Bertz CT molecular complexity index is 1530. The Hall–Kier alpha value is -3.89. The highest BCUT2D eigenvalue weighted by atomic mass is 19.1. The number of nitriles is 1. The van der Waals surface area contributed by atoms with Crippen molar-refractivity contribution in [3.63, 3.8) is 0 Å². The summed E-state index contributed by atoms with van der Waals surface area (Å²) in [4.78, 5) is 19.1. The van der Waals surface area contributed by atoms with Crippen molar-refractivity contribution in [3.05, 3.63) is 46.8 Å². The summed E-state index contributed by atoms with van der Waals surface area (Å²) in [5.41, 5.74) is 2.48. The Kier molecular flexibility index (Phi) is 7.57. The third-order valence-electron chi connectivity index (χ3n) is 7.25. The lowest BCUT2D eigenvalue weighted by atomic mass is 10.1. The first kappa shape index (κ1) is 27.7. The summed E-state index contributed by atoms with van der Waals surface area (Å²) < 4.78 is 29.9. The van der Waals surface area contributed by atoms with E-state index in [9.17, 15) is 10.1 Å². The quantitative estimate of drug-likeness (QED) is 0.398. The lowest BCUT2D eigenvalue weighted by Crippen LogP contribution is -2.41. The molecule has 0 unspecified atom stereocenters. The number of fused-ring (bicyclic) bond motifs is 1. The number of carbonyl (C=O) groups is 1. The zero-order valence-corrected chi connectivity index (χ0v) is 23.7. The molecule has 0 N–H and O–H groups in total. The molecule has 40 heavy (non-hydrogen) atoms. The summed E-state index contributed by atoms with van der Waals surface area (Å²) in [7, 11) is 1.60. The van der Waals surface area contributed by atoms with Gasteiger partial charge >= 0.3 is 6.09 Å². The molecule has 2 fully saturated rings. The Morgan fingerprint density at radius 3 is 2.65 bits per heavy atom. The molecular weight excluding hydrogens is 511 g/mol. The molecule has 9 nitrogen and oxygen atoms in total. The van der Waals surface area contributed by atoms with E-state index in [1.54, 1.807) is 24.4 Å². The maximum Gasteiger partial charge on any atom is 0.410 e. The number of hydrogen-bond donors (Lipinski definition) is 0. The highest BCUT2D eigenvalue weighted by Gasteiger charge is 2.40. The summed E-state index contributed by atoms with van der Waals surface area (Å²) in [6.45, 7) is 8.26. The predicted molar refractivity (Wildman–Crippen MR) is 147 cm³/mol. The first-order chi connectivity index (χ1) is 19.1. The minimum absolute atomic E-state index is 0.184. The molecule has 210 valence electrons. The predicted octanol–water partition coefficient (Wildman–Crippen LogP) is 5.13. The first-order valence-electron chi connectivity index (χ1n) is 13.8. The van der Waals surface area contributed by atoms with Gasteiger partial charge in [0.15, 0.2) is 5.69 Å². The molecule has 1 saturated carbocycles. The average molecular weight is 547 g/mol. The molecule has 1 amide bonds. The van der Waals surface area contributed by atoms with Gasteiger partial charge in [0, 0.05) is 25.8 Å². The number of aromatic nitrogens is 4. The van der Waals surface area contributed by atoms with Crippen molar-refractivity contribution in [1.82, 2.24) is 24.2 Å². The maximum atomic E-state index is 15.1. The highest BCUT2D eigenvalue weighted by Crippen LogP contribution is 2.37. The number of ether oxygens (including phenoxy) is 2. The smallest absolute Gasteiger partial charge is 0.410 e. The second-order valence-electron chi connectivity index (χ2n) is 11.6. The molecule has 3 aromatic rings. The van der Waals surface area contributed by atoms with Crippen LogP contribution in [0.15, 0.2) is 18.5 Å². The van der Waals surface area contributed by atoms with Crippen LogP contribution in [-0.4, -0.2) is 62.2 Å². The zero-order chi connectivity index (χ0) is 28.6. The number of likely N-dealkylation sites (tertiary alicyclic amines) is 1. The molecule has 1 aromatic carbocycles. The SMILES string of the molecule is CCCc1c(C#N)c(C#Cc2cc3ncn(C4CC4)c3cc2F)nn1[C@H]1C[C@H](COC)N(C(=O)OC(C)(C)C)C1. The number of nitrogens with zero attached hydrogens (tertiary/aromatic N) is 6. The van der Waals surface area contributed by atoms with Crippen LogP contribution >= 0.6 is 0 Å². The number of halogens is 1. The zero-order valence-electron chi connectivity index (χ0n) is 23.7. The normalized spacial score (nSPS) is 19.0. The van der Waals surface area contributed by atoms with Crippen molar-refractivity contribution in [2.75, 3.05) is 20.3 Å². The van der Waals surface area contributed by atoms with E-state index >= 15 is 4.39 Å². The monoisotopic (exact) mass is 546 g/mol. The fraction of sp³-hybridized carbons (Fsp3) is 0.533. The molecule has 1 aliphatic carbocycles. The minimum atomic E-state index is -0.628. The lowest BCUT2D eigenvalue weighted by molar-refractivity contribution is 0.0145. The number of rotatable bonds is 6. The Labute approximate surface area is 233 Å². The van der Waals surface area contributed by atoms with Crippen LogP contribution in [0.2, 0.25) is 0 Å². The lowest BCUT2D eigenvalue weighted by Gasteiger charge is -2.28. The topological polar surface area (TPSA) is 98.2 Å². The van der Waals surface area contributed by atoms with Crippen molar-refractivity contribution >= 4 is 17.1 Å². The standard InChI is InChI=1S/C30H35FN6O3/c1-6-7-27-23(15-32)25(11-8-19-12-26-28(14-24(19)31)36(18-33-26)20-9-10-20)34-37(27)21-13-22(17-39-5)35(16-21)29(38)40-30(2,3)4/h12,14,18,20-22H,6-7,9-10,13,16-17H2,1-5H3/t21-,22+/m0/s1. The summed E-state index contributed by atoms with van der Waals surface area (Å²) in [6.07, 6.45) is 5.52. The molecular formula is C30H35FN6O3. The van der Waals surface area contributed by atoms with Crippen LogP contribution in [0.4, 0.5) is 9.18 Å². The summed E-state index contributed by atoms with van der Waals surface area (Å²) in [5.74, 6) is 5.43. The van der Waals surface area contributed by atoms with Crippen molar-refractivity contribution in [1.29, 1.82) is 5.26 Å². The molecule has 0 bridgehead atoms. The van der Waals surface area contributed by atoms with Crippen LogP contribution in [0.3, 0.4) is 0 Å². The number of imidazole rings is 1. The van der Waals surface area contributed by atoms with E-state index in [2.05, 4.69) is 22.9 Å². The van der Waals surface area contributed by atoms with Crippen molar-refractivity contribution in [2.45, 2.75) is 83.5 Å². The van der Waals surface area contributed by atoms with Crippen LogP contribution in [0.1, 0.15) is 88.0 Å². The Balaban J connectivity index is 1.48. The summed E-state index contributed by atoms with van der Waals surface area (Å²) in [6, 6.07) is 5.42. The van der Waals surface area contributed by atoms with E-state index in [0.717, 1.165) is 30.5 Å². The van der Waals surface area contributed by atoms with Gasteiger partial charge in [-0.05, 0) is 58.4 Å². The largest absolute Gasteiger partial charge is 0.444 e. The average Bonchev–Trinajstić information content (AvgIpc) is 3.36. The van der Waals surface area contributed by atoms with Gasteiger partial charge in [-0.3, -0.25) is 4.68 Å². The number of hydrogen-bond acceptors (Lipinski definition) is 6.